The zero-order valence-corrected chi connectivity index (χ0v) is 5.97. The van der Waals surface area contributed by atoms with Crippen molar-refractivity contribution in [2.45, 2.75) is 0 Å². The Morgan fingerprint density at radius 2 is 1.86 bits per heavy atom. The van der Waals surface area contributed by atoms with E-state index < -0.39 is 5.97 Å². The third kappa shape index (κ3) is 23.6. The molecule has 0 saturated carbocycles. The Morgan fingerprint density at radius 1 is 1.71 bits per heavy atom. The first-order chi connectivity index (χ1) is 2.27. The van der Waals surface area contributed by atoms with Crippen LogP contribution in [0.5, 0.6) is 0 Å². The Bertz CT molecular complexity index is 61.2. The number of carbonyl (C=O) groups excluding carboxylic acids is 1. The molecule has 0 spiro atoms. The SMILES string of the molecule is C=CC(=O)[O-].[O-2].[Zr+3]. The smallest absolute Gasteiger partial charge is 2.00 e. The zero-order valence-electron chi connectivity index (χ0n) is 3.51. The van der Waals surface area contributed by atoms with Crippen LogP contribution in [0.25, 0.3) is 0 Å². The molecule has 0 aliphatic rings. The number of carbonyl (C=O) groups is 1. The van der Waals surface area contributed by atoms with E-state index in [2.05, 4.69) is 6.58 Å². The van der Waals surface area contributed by atoms with Crippen LogP contribution >= 0.6 is 0 Å². The second-order valence-corrected chi connectivity index (χ2v) is 0.523. The largest absolute Gasteiger partial charge is 3.00 e. The molecule has 0 aromatic rings. The summed E-state index contributed by atoms with van der Waals surface area (Å²) < 4.78 is 0. The molecule has 0 rings (SSSR count). The topological polar surface area (TPSA) is 68.6 Å². The molecule has 0 bridgehead atoms. The summed E-state index contributed by atoms with van der Waals surface area (Å²) >= 11 is 0. The van der Waals surface area contributed by atoms with Crippen molar-refractivity contribution in [1.82, 2.24) is 0 Å². The molecule has 0 amide bonds. The molecule has 0 aliphatic heterocycles. The number of hydrogen-bond acceptors (Lipinski definition) is 2. The maximum absolute atomic E-state index is 9.14. The van der Waals surface area contributed by atoms with Crippen LogP contribution < -0.4 is 5.11 Å². The summed E-state index contributed by atoms with van der Waals surface area (Å²) in [5, 5.41) is 9.14. The fraction of sp³-hybridized carbons (Fsp3) is 0. The molecule has 4 heteroatoms. The number of carboxylic acids is 1. The quantitative estimate of drug-likeness (QED) is 0.473. The van der Waals surface area contributed by atoms with E-state index in [9.17, 15) is 0 Å². The molecule has 37 valence electrons. The second-order valence-electron chi connectivity index (χ2n) is 0.523. The molecule has 0 heterocycles. The van der Waals surface area contributed by atoms with E-state index in [4.69, 9.17) is 9.90 Å². The Hall–Kier alpha value is 0.0531. The van der Waals surface area contributed by atoms with Crippen LogP contribution in [0.1, 0.15) is 0 Å². The minimum Gasteiger partial charge on any atom is -2.00 e. The van der Waals surface area contributed by atoms with Crippen LogP contribution in [0.15, 0.2) is 12.7 Å². The van der Waals surface area contributed by atoms with Crippen molar-refractivity contribution in [3.05, 3.63) is 12.7 Å². The first-order valence-electron chi connectivity index (χ1n) is 1.11. The first kappa shape index (κ1) is 15.7. The molecule has 7 heavy (non-hydrogen) atoms. The molecule has 3 nitrogen and oxygen atoms in total. The third-order valence-corrected chi connectivity index (χ3v) is 0.167. The summed E-state index contributed by atoms with van der Waals surface area (Å²) in [4.78, 5) is 9.14. The third-order valence-electron chi connectivity index (χ3n) is 0.167. The van der Waals surface area contributed by atoms with Crippen molar-refractivity contribution in [3.8, 4) is 0 Å². The molecule has 0 aliphatic carbocycles. The summed E-state index contributed by atoms with van der Waals surface area (Å²) in [6, 6.07) is 0. The van der Waals surface area contributed by atoms with Gasteiger partial charge in [0.05, 0.1) is 5.97 Å². The molecule has 0 saturated heterocycles. The van der Waals surface area contributed by atoms with Crippen molar-refractivity contribution in [1.29, 1.82) is 0 Å². The van der Waals surface area contributed by atoms with Crippen molar-refractivity contribution in [2.24, 2.45) is 0 Å². The van der Waals surface area contributed by atoms with Gasteiger partial charge >= 0.3 is 26.2 Å². The van der Waals surface area contributed by atoms with Gasteiger partial charge in [-0.3, -0.25) is 0 Å². The van der Waals surface area contributed by atoms with E-state index in [1.165, 1.54) is 0 Å². The van der Waals surface area contributed by atoms with Crippen molar-refractivity contribution >= 4 is 5.97 Å². The van der Waals surface area contributed by atoms with Gasteiger partial charge in [0, 0.05) is 0 Å². The Morgan fingerprint density at radius 3 is 1.86 bits per heavy atom. The fourth-order valence-corrected chi connectivity index (χ4v) is 0. The van der Waals surface area contributed by atoms with Crippen LogP contribution in [0, 0.1) is 0 Å². The van der Waals surface area contributed by atoms with Gasteiger partial charge in [-0.1, -0.05) is 6.58 Å². The molecule has 0 atom stereocenters. The predicted molar refractivity (Wildman–Crippen MR) is 15.9 cm³/mol. The van der Waals surface area contributed by atoms with Crippen LogP contribution in [0.3, 0.4) is 0 Å². The molecule has 0 unspecified atom stereocenters. The minimum absolute atomic E-state index is 0. The van der Waals surface area contributed by atoms with Crippen LogP contribution in [0.2, 0.25) is 0 Å². The number of carboxylic acid groups (broad SMARTS) is 1. The van der Waals surface area contributed by atoms with Gasteiger partial charge in [-0.05, 0) is 6.08 Å². The summed E-state index contributed by atoms with van der Waals surface area (Å²) in [7, 11) is 0. The van der Waals surface area contributed by atoms with Gasteiger partial charge in [0.1, 0.15) is 0 Å². The van der Waals surface area contributed by atoms with E-state index in [1.54, 1.807) is 0 Å². The predicted octanol–water partition coefficient (Wildman–Crippen LogP) is -1.20. The summed E-state index contributed by atoms with van der Waals surface area (Å²) in [5.41, 5.74) is 0. The van der Waals surface area contributed by atoms with Gasteiger partial charge in [0.2, 0.25) is 0 Å². The minimum atomic E-state index is -1.23. The van der Waals surface area contributed by atoms with Gasteiger partial charge in [-0.15, -0.1) is 0 Å². The Labute approximate surface area is 60.5 Å². The van der Waals surface area contributed by atoms with E-state index in [1.807, 2.05) is 0 Å². The average molecular weight is 178 g/mol. The van der Waals surface area contributed by atoms with Gasteiger partial charge in [-0.25, -0.2) is 0 Å². The maximum Gasteiger partial charge on any atom is 3.00 e. The standard InChI is InChI=1S/C3H4O2.O.Zr/c1-2-3(4)5;;/h2H,1H2,(H,4,5);;/q;-2;+3/p-1. The summed E-state index contributed by atoms with van der Waals surface area (Å²) in [6.07, 6.45) is 0.722. The molecule has 0 fully saturated rings. The second kappa shape index (κ2) is 9.41. The summed E-state index contributed by atoms with van der Waals surface area (Å²) in [5.74, 6) is -1.23. The van der Waals surface area contributed by atoms with E-state index >= 15 is 0 Å². The number of aliphatic carboxylic acids is 1. The van der Waals surface area contributed by atoms with Gasteiger partial charge in [-0.2, -0.15) is 0 Å². The zero-order chi connectivity index (χ0) is 4.28. The summed E-state index contributed by atoms with van der Waals surface area (Å²) in [6.45, 7) is 2.90. The molecule has 0 aromatic heterocycles. The molecule has 0 N–H and O–H groups in total. The average Bonchev–Trinajstić information content (AvgIpc) is 1.38. The van der Waals surface area contributed by atoms with Crippen molar-refractivity contribution < 1.29 is 41.6 Å². The van der Waals surface area contributed by atoms with Crippen molar-refractivity contribution in [2.75, 3.05) is 0 Å². The number of rotatable bonds is 1. The maximum atomic E-state index is 9.14. The van der Waals surface area contributed by atoms with E-state index in [0.717, 1.165) is 6.08 Å². The van der Waals surface area contributed by atoms with Crippen molar-refractivity contribution in [3.63, 3.8) is 0 Å². The first-order valence-corrected chi connectivity index (χ1v) is 1.11. The van der Waals surface area contributed by atoms with Crippen LogP contribution in [-0.4, -0.2) is 5.97 Å². The molecular formula is C3H3O3Zr. The Kier molecular flexibility index (Phi) is 21.1. The van der Waals surface area contributed by atoms with Gasteiger partial charge in [0.15, 0.2) is 0 Å². The molecular weight excluding hydrogens is 175 g/mol. The monoisotopic (exact) mass is 177 g/mol. The molecule has 0 aromatic carbocycles. The van der Waals surface area contributed by atoms with Crippen LogP contribution in [-0.2, 0) is 36.5 Å². The van der Waals surface area contributed by atoms with Gasteiger partial charge in [0.25, 0.3) is 0 Å². The van der Waals surface area contributed by atoms with Gasteiger partial charge < -0.3 is 15.4 Å². The van der Waals surface area contributed by atoms with E-state index in [-0.39, 0.29) is 31.7 Å². The molecule has 1 radical (unpaired) electrons. The Balaban J connectivity index is -0.0000000800. The normalized spacial score (nSPS) is 4.57. The van der Waals surface area contributed by atoms with Crippen LogP contribution in [0.4, 0.5) is 0 Å². The number of hydrogen-bond donors (Lipinski definition) is 0. The van der Waals surface area contributed by atoms with E-state index in [0.29, 0.717) is 0 Å². The fourth-order valence-electron chi connectivity index (χ4n) is 0.